The van der Waals surface area contributed by atoms with Crippen LogP contribution in [0.5, 0.6) is 17.2 Å². The molecule has 1 amide bonds. The smallest absolute Gasteiger partial charge is 0.250 e. The summed E-state index contributed by atoms with van der Waals surface area (Å²) >= 11 is 1.41. The molecule has 0 fully saturated rings. The van der Waals surface area contributed by atoms with E-state index in [1.54, 1.807) is 39.5 Å². The van der Waals surface area contributed by atoms with Crippen LogP contribution < -0.4 is 19.5 Å². The Balaban J connectivity index is 2.14. The molecule has 2 rings (SSSR count). The molecule has 0 saturated heterocycles. The predicted octanol–water partition coefficient (Wildman–Crippen LogP) is 3.38. The minimum Gasteiger partial charge on any atom is -0.493 e. The lowest BCUT2D eigenvalue weighted by molar-refractivity contribution is -0.111. The van der Waals surface area contributed by atoms with Gasteiger partial charge in [-0.25, -0.2) is 4.98 Å². The van der Waals surface area contributed by atoms with Crippen molar-refractivity contribution in [2.24, 2.45) is 0 Å². The van der Waals surface area contributed by atoms with Crippen LogP contribution in [0.4, 0.5) is 5.13 Å². The van der Waals surface area contributed by atoms with Gasteiger partial charge < -0.3 is 14.2 Å². The first-order chi connectivity index (χ1) is 11.6. The summed E-state index contributed by atoms with van der Waals surface area (Å²) in [5.74, 6) is 1.33. The molecule has 7 heteroatoms. The summed E-state index contributed by atoms with van der Waals surface area (Å²) in [6.45, 7) is 2.02. The minimum absolute atomic E-state index is 0.249. The molecule has 2 aromatic rings. The van der Waals surface area contributed by atoms with Gasteiger partial charge >= 0.3 is 0 Å². The number of hydrogen-bond acceptors (Lipinski definition) is 6. The fraction of sp³-hybridized carbons (Fsp3) is 0.294. The molecule has 0 unspecified atom stereocenters. The monoisotopic (exact) mass is 348 g/mol. The predicted molar refractivity (Wildman–Crippen MR) is 95.3 cm³/mol. The zero-order valence-electron chi connectivity index (χ0n) is 14.1. The van der Waals surface area contributed by atoms with Crippen molar-refractivity contribution in [1.29, 1.82) is 0 Å². The van der Waals surface area contributed by atoms with Gasteiger partial charge in [0.1, 0.15) is 0 Å². The Hall–Kier alpha value is -2.54. The molecule has 1 aromatic carbocycles. The number of rotatable bonds is 7. The van der Waals surface area contributed by atoms with Gasteiger partial charge in [0.15, 0.2) is 16.6 Å². The number of thiazole rings is 1. The molecular weight excluding hydrogens is 328 g/mol. The molecule has 1 heterocycles. The van der Waals surface area contributed by atoms with Gasteiger partial charge in [-0.15, -0.1) is 11.3 Å². The highest BCUT2D eigenvalue weighted by atomic mass is 32.1. The molecule has 0 aliphatic heterocycles. The van der Waals surface area contributed by atoms with E-state index in [1.165, 1.54) is 17.4 Å². The van der Waals surface area contributed by atoms with E-state index in [1.807, 2.05) is 12.3 Å². The summed E-state index contributed by atoms with van der Waals surface area (Å²) in [6, 6.07) is 3.54. The van der Waals surface area contributed by atoms with Crippen molar-refractivity contribution in [3.8, 4) is 17.2 Å². The van der Waals surface area contributed by atoms with Crippen molar-refractivity contribution in [2.75, 3.05) is 26.6 Å². The van der Waals surface area contributed by atoms with E-state index < -0.39 is 0 Å². The lowest BCUT2D eigenvalue weighted by Gasteiger charge is -2.12. The summed E-state index contributed by atoms with van der Waals surface area (Å²) in [5.41, 5.74) is 1.72. The average Bonchev–Trinajstić information content (AvgIpc) is 3.06. The summed E-state index contributed by atoms with van der Waals surface area (Å²) in [6.07, 6.45) is 3.95. The number of anilines is 1. The van der Waals surface area contributed by atoms with Gasteiger partial charge in [0.25, 0.3) is 0 Å². The number of benzene rings is 1. The van der Waals surface area contributed by atoms with E-state index in [-0.39, 0.29) is 5.91 Å². The Kier molecular flexibility index (Phi) is 6.20. The second-order valence-electron chi connectivity index (χ2n) is 4.78. The minimum atomic E-state index is -0.249. The number of carbonyl (C=O) groups is 1. The van der Waals surface area contributed by atoms with E-state index in [0.29, 0.717) is 22.4 Å². The number of methoxy groups -OCH3 is 3. The van der Waals surface area contributed by atoms with Crippen LogP contribution in [0.2, 0.25) is 0 Å². The number of aromatic nitrogens is 1. The molecule has 0 aliphatic carbocycles. The van der Waals surface area contributed by atoms with Crippen molar-refractivity contribution in [3.63, 3.8) is 0 Å². The summed E-state index contributed by atoms with van der Waals surface area (Å²) in [5, 5.41) is 5.26. The Morgan fingerprint density at radius 1 is 1.21 bits per heavy atom. The molecule has 0 aliphatic rings. The molecule has 0 atom stereocenters. The van der Waals surface area contributed by atoms with E-state index in [9.17, 15) is 4.79 Å². The van der Waals surface area contributed by atoms with Crippen LogP contribution in [0, 0.1) is 0 Å². The highest BCUT2D eigenvalue weighted by Gasteiger charge is 2.12. The van der Waals surface area contributed by atoms with Crippen molar-refractivity contribution in [2.45, 2.75) is 13.3 Å². The molecule has 0 saturated carbocycles. The number of carbonyl (C=O) groups excluding carboxylic acids is 1. The van der Waals surface area contributed by atoms with Gasteiger partial charge in [-0.05, 0) is 30.2 Å². The molecule has 24 heavy (non-hydrogen) atoms. The molecule has 0 spiro atoms. The first kappa shape index (κ1) is 17.8. The van der Waals surface area contributed by atoms with Crippen molar-refractivity contribution >= 4 is 28.5 Å². The normalized spacial score (nSPS) is 10.7. The van der Waals surface area contributed by atoms with Crippen molar-refractivity contribution in [3.05, 3.63) is 34.8 Å². The van der Waals surface area contributed by atoms with Crippen LogP contribution >= 0.6 is 11.3 Å². The van der Waals surface area contributed by atoms with Crippen molar-refractivity contribution < 1.29 is 19.0 Å². The molecule has 6 nitrogen and oxygen atoms in total. The van der Waals surface area contributed by atoms with Gasteiger partial charge in [0, 0.05) is 11.5 Å². The molecule has 1 aromatic heterocycles. The Labute approximate surface area is 145 Å². The van der Waals surface area contributed by atoms with E-state index >= 15 is 0 Å². The number of amides is 1. The molecule has 128 valence electrons. The van der Waals surface area contributed by atoms with E-state index in [4.69, 9.17) is 14.2 Å². The Morgan fingerprint density at radius 2 is 1.88 bits per heavy atom. The van der Waals surface area contributed by atoms with E-state index in [0.717, 1.165) is 17.7 Å². The summed E-state index contributed by atoms with van der Waals surface area (Å²) in [7, 11) is 4.64. The largest absolute Gasteiger partial charge is 0.493 e. The maximum Gasteiger partial charge on any atom is 0.250 e. The lowest BCUT2D eigenvalue weighted by Crippen LogP contribution is -2.07. The molecule has 0 bridgehead atoms. The van der Waals surface area contributed by atoms with Crippen LogP contribution in [0.15, 0.2) is 23.6 Å². The topological polar surface area (TPSA) is 69.7 Å². The molecule has 0 radical (unpaired) electrons. The fourth-order valence-corrected chi connectivity index (χ4v) is 2.84. The highest BCUT2D eigenvalue weighted by Crippen LogP contribution is 2.38. The summed E-state index contributed by atoms with van der Waals surface area (Å²) in [4.78, 5) is 16.3. The third-order valence-electron chi connectivity index (χ3n) is 3.26. The first-order valence-electron chi connectivity index (χ1n) is 7.34. The number of ether oxygens (including phenoxy) is 3. The van der Waals surface area contributed by atoms with Gasteiger partial charge in [-0.2, -0.15) is 0 Å². The first-order valence-corrected chi connectivity index (χ1v) is 8.22. The molecular formula is C17H20N2O4S. The third kappa shape index (κ3) is 4.26. The van der Waals surface area contributed by atoms with Crippen LogP contribution in [0.1, 0.15) is 18.2 Å². The van der Waals surface area contributed by atoms with Gasteiger partial charge in [-0.1, -0.05) is 6.92 Å². The van der Waals surface area contributed by atoms with Crippen LogP contribution in [-0.2, 0) is 11.2 Å². The average molecular weight is 348 g/mol. The molecule has 1 N–H and O–H groups in total. The summed E-state index contributed by atoms with van der Waals surface area (Å²) < 4.78 is 15.8. The quantitative estimate of drug-likeness (QED) is 0.777. The van der Waals surface area contributed by atoms with Crippen molar-refractivity contribution in [1.82, 2.24) is 4.98 Å². The van der Waals surface area contributed by atoms with Gasteiger partial charge in [-0.3, -0.25) is 10.1 Å². The Morgan fingerprint density at radius 3 is 2.38 bits per heavy atom. The van der Waals surface area contributed by atoms with Crippen LogP contribution in [0.25, 0.3) is 6.08 Å². The third-order valence-corrected chi connectivity index (χ3v) is 4.06. The van der Waals surface area contributed by atoms with Gasteiger partial charge in [0.05, 0.1) is 27.0 Å². The lowest BCUT2D eigenvalue weighted by atomic mass is 10.1. The van der Waals surface area contributed by atoms with Gasteiger partial charge in [0.2, 0.25) is 11.7 Å². The SMILES string of the molecule is CCc1csc(NC(=O)/C=C/c2cc(OC)c(OC)c(OC)c2)n1. The Bertz CT molecular complexity index is 715. The second kappa shape index (κ2) is 8.35. The number of nitrogens with zero attached hydrogens (tertiary/aromatic N) is 1. The zero-order chi connectivity index (χ0) is 17.5. The van der Waals surface area contributed by atoms with Crippen LogP contribution in [0.3, 0.4) is 0 Å². The highest BCUT2D eigenvalue weighted by molar-refractivity contribution is 7.13. The maximum atomic E-state index is 12.0. The number of hydrogen-bond donors (Lipinski definition) is 1. The zero-order valence-corrected chi connectivity index (χ0v) is 14.9. The number of nitrogens with one attached hydrogen (secondary N) is 1. The fourth-order valence-electron chi connectivity index (χ4n) is 2.04. The van der Waals surface area contributed by atoms with E-state index in [2.05, 4.69) is 10.3 Å². The number of aryl methyl sites for hydroxylation is 1. The standard InChI is InChI=1S/C17H20N2O4S/c1-5-12-10-24-17(18-12)19-15(20)7-6-11-8-13(21-2)16(23-4)14(9-11)22-3/h6-10H,5H2,1-4H3,(H,18,19,20)/b7-6+. The van der Waals surface area contributed by atoms with Crippen LogP contribution in [-0.4, -0.2) is 32.2 Å². The second-order valence-corrected chi connectivity index (χ2v) is 5.64. The maximum absolute atomic E-state index is 12.0.